The summed E-state index contributed by atoms with van der Waals surface area (Å²) in [5.74, 6) is -6.04. The van der Waals surface area contributed by atoms with Crippen molar-refractivity contribution in [2.24, 2.45) is 17.8 Å². The van der Waals surface area contributed by atoms with E-state index in [-0.39, 0.29) is 51.9 Å². The maximum Gasteiger partial charge on any atom is 0.433 e. The molecule has 4 atom stereocenters. The van der Waals surface area contributed by atoms with Gasteiger partial charge in [0.2, 0.25) is 0 Å². The van der Waals surface area contributed by atoms with Crippen LogP contribution >= 0.6 is 27.5 Å². The Labute approximate surface area is 256 Å². The Morgan fingerprint density at radius 3 is 2.51 bits per heavy atom. The van der Waals surface area contributed by atoms with E-state index in [9.17, 15) is 37.5 Å². The van der Waals surface area contributed by atoms with E-state index >= 15 is 0 Å². The van der Waals surface area contributed by atoms with Crippen molar-refractivity contribution < 1.29 is 37.5 Å². The van der Waals surface area contributed by atoms with Gasteiger partial charge in [0.25, 0.3) is 11.8 Å². The number of halogens is 5. The molecule has 1 aromatic heterocycles. The molecule has 6 rings (SSSR count). The number of carbonyl (C=O) groups is 4. The van der Waals surface area contributed by atoms with E-state index in [0.29, 0.717) is 21.7 Å². The van der Waals surface area contributed by atoms with E-state index in [2.05, 4.69) is 20.9 Å². The van der Waals surface area contributed by atoms with Crippen molar-refractivity contribution in [1.29, 1.82) is 0 Å². The molecule has 8 nitrogen and oxygen atoms in total. The number of amides is 2. The van der Waals surface area contributed by atoms with Gasteiger partial charge in [0, 0.05) is 39.7 Å². The van der Waals surface area contributed by atoms with Gasteiger partial charge in [0.05, 0.1) is 16.9 Å². The van der Waals surface area contributed by atoms with Gasteiger partial charge in [-0.3, -0.25) is 24.2 Å². The number of fused-ring (bicyclic) bond motifs is 3. The predicted octanol–water partition coefficient (Wildman–Crippen LogP) is 5.70. The summed E-state index contributed by atoms with van der Waals surface area (Å²) in [5.41, 5.74) is 0.398. The number of ketones is 2. The van der Waals surface area contributed by atoms with Crippen molar-refractivity contribution in [2.45, 2.75) is 31.9 Å². The lowest BCUT2D eigenvalue weighted by Gasteiger charge is -2.42. The number of anilines is 1. The van der Waals surface area contributed by atoms with Crippen molar-refractivity contribution in [3.63, 3.8) is 0 Å². The van der Waals surface area contributed by atoms with E-state index in [1.165, 1.54) is 26.1 Å². The molecule has 1 fully saturated rings. The SMILES string of the molecule is CC1=CC(=O)C2=C(C[C@@H]3C(=CC[C@@H]4C(=O)N(N(C)c5nc(C(F)(F)F)ccc5Cl)C(=O)[C@@H]43)[C@@H]2c2cc(Br)ccc2O)C1=O. The zero-order valence-electron chi connectivity index (χ0n) is 22.6. The highest BCUT2D eigenvalue weighted by molar-refractivity contribution is 9.10. The predicted molar refractivity (Wildman–Crippen MR) is 152 cm³/mol. The maximum absolute atomic E-state index is 14.1. The molecule has 0 radical (unpaired) electrons. The molecule has 3 aliphatic carbocycles. The third-order valence-electron chi connectivity index (χ3n) is 8.56. The van der Waals surface area contributed by atoms with Gasteiger partial charge in [-0.2, -0.15) is 18.2 Å². The molecule has 2 amide bonds. The van der Waals surface area contributed by atoms with Crippen LogP contribution in [0.5, 0.6) is 5.75 Å². The van der Waals surface area contributed by atoms with Crippen molar-refractivity contribution in [1.82, 2.24) is 9.99 Å². The molecular formula is C30H22BrClF3N3O5. The standard InChI is InChI=1S/C30H22BrClF3N3O5/c1-12-9-21(40)25-18(26(12)41)11-16-14(23(25)17-10-13(31)3-7-20(17)39)4-5-15-24(16)29(43)38(28(15)42)37(2)27-19(32)6-8-22(36-27)30(33,34)35/h3-4,6-10,15-16,23-24,39H,5,11H2,1-2H3/t15-,16+,23+,24-/m0/s1. The van der Waals surface area contributed by atoms with E-state index in [4.69, 9.17) is 11.6 Å². The van der Waals surface area contributed by atoms with Gasteiger partial charge < -0.3 is 5.11 Å². The largest absolute Gasteiger partial charge is 0.508 e. The highest BCUT2D eigenvalue weighted by atomic mass is 79.9. The van der Waals surface area contributed by atoms with Crippen LogP contribution in [-0.2, 0) is 25.4 Å². The number of nitrogens with zero attached hydrogens (tertiary/aromatic N) is 3. The van der Waals surface area contributed by atoms with Gasteiger partial charge in [-0.05, 0) is 62.1 Å². The lowest BCUT2D eigenvalue weighted by Crippen LogP contribution is -2.46. The lowest BCUT2D eigenvalue weighted by atomic mass is 9.59. The van der Waals surface area contributed by atoms with Crippen LogP contribution < -0.4 is 5.01 Å². The maximum atomic E-state index is 14.1. The van der Waals surface area contributed by atoms with Crippen molar-refractivity contribution in [3.8, 4) is 5.75 Å². The Morgan fingerprint density at radius 2 is 1.81 bits per heavy atom. The zero-order chi connectivity index (χ0) is 31.1. The first kappa shape index (κ1) is 29.3. The smallest absolute Gasteiger partial charge is 0.433 e. The molecule has 0 unspecified atom stereocenters. The Kier molecular flexibility index (Phi) is 6.92. The Hall–Kier alpha value is -3.77. The summed E-state index contributed by atoms with van der Waals surface area (Å²) in [4.78, 5) is 58.1. The number of aromatic hydroxyl groups is 1. The van der Waals surface area contributed by atoms with E-state index in [1.54, 1.807) is 18.2 Å². The van der Waals surface area contributed by atoms with Crippen LogP contribution in [0.25, 0.3) is 0 Å². The average Bonchev–Trinajstić information content (AvgIpc) is 3.20. The normalized spacial score (nSPS) is 25.3. The number of carbonyl (C=O) groups excluding carboxylic acids is 4. The quantitative estimate of drug-likeness (QED) is 0.253. The van der Waals surface area contributed by atoms with Crippen LogP contribution in [-0.4, -0.2) is 45.5 Å². The lowest BCUT2D eigenvalue weighted by molar-refractivity contribution is -0.141. The monoisotopic (exact) mass is 675 g/mol. The van der Waals surface area contributed by atoms with Gasteiger partial charge in [-0.1, -0.05) is 39.2 Å². The third-order valence-corrected chi connectivity index (χ3v) is 9.35. The van der Waals surface area contributed by atoms with Gasteiger partial charge in [0.15, 0.2) is 17.4 Å². The molecule has 4 aliphatic rings. The molecule has 13 heteroatoms. The van der Waals surface area contributed by atoms with E-state index < -0.39 is 53.2 Å². The van der Waals surface area contributed by atoms with Crippen LogP contribution in [0.3, 0.4) is 0 Å². The molecule has 43 heavy (non-hydrogen) atoms. The number of phenols is 1. The number of allylic oxidation sites excluding steroid dienone is 6. The molecule has 0 saturated carbocycles. The van der Waals surface area contributed by atoms with E-state index in [1.807, 2.05) is 0 Å². The number of phenolic OH excluding ortho intramolecular Hbond substituents is 1. The molecule has 0 spiro atoms. The fourth-order valence-corrected chi connectivity index (χ4v) is 7.29. The Bertz CT molecular complexity index is 1750. The number of rotatable bonds is 3. The second-order valence-electron chi connectivity index (χ2n) is 10.9. The van der Waals surface area contributed by atoms with Crippen LogP contribution in [0.2, 0.25) is 5.02 Å². The second-order valence-corrected chi connectivity index (χ2v) is 12.3. The van der Waals surface area contributed by atoms with Gasteiger partial charge in [-0.15, -0.1) is 0 Å². The number of pyridine rings is 1. The summed E-state index contributed by atoms with van der Waals surface area (Å²) in [7, 11) is 1.23. The van der Waals surface area contributed by atoms with Gasteiger partial charge in [-0.25, -0.2) is 4.98 Å². The number of alkyl halides is 3. The van der Waals surface area contributed by atoms with Crippen molar-refractivity contribution in [3.05, 3.63) is 85.5 Å². The first-order chi connectivity index (χ1) is 20.2. The minimum Gasteiger partial charge on any atom is -0.508 e. The van der Waals surface area contributed by atoms with Crippen molar-refractivity contribution in [2.75, 3.05) is 12.1 Å². The van der Waals surface area contributed by atoms with Crippen LogP contribution in [0, 0.1) is 17.8 Å². The first-order valence-electron chi connectivity index (χ1n) is 13.2. The number of imide groups is 1. The molecule has 222 valence electrons. The molecule has 1 saturated heterocycles. The average molecular weight is 677 g/mol. The van der Waals surface area contributed by atoms with Crippen LogP contribution in [0.4, 0.5) is 19.0 Å². The fraction of sp³-hybridized carbons (Fsp3) is 0.300. The molecule has 1 aromatic carbocycles. The second kappa shape index (κ2) is 10.2. The zero-order valence-corrected chi connectivity index (χ0v) is 24.9. The summed E-state index contributed by atoms with van der Waals surface area (Å²) >= 11 is 9.57. The summed E-state index contributed by atoms with van der Waals surface area (Å²) < 4.78 is 40.9. The molecule has 1 aliphatic heterocycles. The van der Waals surface area contributed by atoms with Crippen LogP contribution in [0.15, 0.2) is 69.2 Å². The topological polar surface area (TPSA) is 108 Å². The molecule has 1 N–H and O–H groups in total. The minimum absolute atomic E-state index is 0.00247. The molecule has 0 bridgehead atoms. The molecular weight excluding hydrogens is 655 g/mol. The Balaban J connectivity index is 1.45. The Morgan fingerprint density at radius 1 is 1.09 bits per heavy atom. The summed E-state index contributed by atoms with van der Waals surface area (Å²) in [6.45, 7) is 1.53. The third kappa shape index (κ3) is 4.53. The number of hydrogen-bond donors (Lipinski definition) is 1. The summed E-state index contributed by atoms with van der Waals surface area (Å²) in [5, 5.41) is 12.4. The van der Waals surface area contributed by atoms with Crippen molar-refractivity contribution >= 4 is 56.7 Å². The highest BCUT2D eigenvalue weighted by Gasteiger charge is 2.58. The van der Waals surface area contributed by atoms with E-state index in [0.717, 1.165) is 16.1 Å². The summed E-state index contributed by atoms with van der Waals surface area (Å²) in [6.07, 6.45) is -1.65. The van der Waals surface area contributed by atoms with Gasteiger partial charge >= 0.3 is 6.18 Å². The highest BCUT2D eigenvalue weighted by Crippen LogP contribution is 2.56. The number of Topliss-reactive ketones (excluding diaryl/α,β-unsaturated/α-hetero) is 1. The number of hydrogen-bond acceptors (Lipinski definition) is 7. The van der Waals surface area contributed by atoms with Gasteiger partial charge in [0.1, 0.15) is 11.4 Å². The first-order valence-corrected chi connectivity index (χ1v) is 14.4. The number of benzene rings is 1. The number of hydrazine groups is 1. The number of aromatic nitrogens is 1. The summed E-state index contributed by atoms with van der Waals surface area (Å²) in [6, 6.07) is 6.42. The fourth-order valence-electron chi connectivity index (χ4n) is 6.68. The molecule has 2 heterocycles. The minimum atomic E-state index is -4.79. The molecule has 2 aromatic rings. The van der Waals surface area contributed by atoms with Crippen LogP contribution in [0.1, 0.15) is 36.9 Å².